The number of thiazole rings is 1. The van der Waals surface area contributed by atoms with E-state index in [9.17, 15) is 0 Å². The first-order valence-electron chi connectivity index (χ1n) is 7.62. The quantitative estimate of drug-likeness (QED) is 0.869. The molecular weight excluding hydrogens is 254 g/mol. The number of hydrogen-bond donors (Lipinski definition) is 1. The van der Waals surface area contributed by atoms with Crippen LogP contribution in [0.25, 0.3) is 0 Å². The summed E-state index contributed by atoms with van der Waals surface area (Å²) in [6, 6.07) is 0.707. The molecule has 2 heterocycles. The molecule has 1 N–H and O–H groups in total. The maximum absolute atomic E-state index is 4.54. The molecule has 1 aromatic rings. The molecule has 19 heavy (non-hydrogen) atoms. The first kappa shape index (κ1) is 14.9. The smallest absolute Gasteiger partial charge is 0.107 e. The van der Waals surface area contributed by atoms with E-state index in [0.717, 1.165) is 25.4 Å². The van der Waals surface area contributed by atoms with Crippen molar-refractivity contribution < 1.29 is 0 Å². The normalized spacial score (nSPS) is 24.8. The van der Waals surface area contributed by atoms with Gasteiger partial charge in [0.1, 0.15) is 5.01 Å². The highest BCUT2D eigenvalue weighted by molar-refractivity contribution is 7.11. The van der Waals surface area contributed by atoms with Crippen molar-refractivity contribution in [1.29, 1.82) is 0 Å². The molecule has 108 valence electrons. The van der Waals surface area contributed by atoms with Crippen LogP contribution >= 0.6 is 11.3 Å². The van der Waals surface area contributed by atoms with E-state index in [1.54, 1.807) is 0 Å². The van der Waals surface area contributed by atoms with Gasteiger partial charge in [-0.3, -0.25) is 4.90 Å². The standard InChI is InChI=1S/C15H27N3S/c1-4-7-16-14-6-8-18(10-12(14)3)11-15-17-9-13(5-2)19-15/h9,12,14,16H,4-8,10-11H2,1-3H3. The van der Waals surface area contributed by atoms with Crippen molar-refractivity contribution in [2.45, 2.75) is 52.6 Å². The van der Waals surface area contributed by atoms with E-state index in [2.05, 4.69) is 36.0 Å². The van der Waals surface area contributed by atoms with E-state index in [-0.39, 0.29) is 0 Å². The van der Waals surface area contributed by atoms with Gasteiger partial charge in [0.25, 0.3) is 0 Å². The van der Waals surface area contributed by atoms with Crippen molar-refractivity contribution in [3.8, 4) is 0 Å². The van der Waals surface area contributed by atoms with Gasteiger partial charge in [0.2, 0.25) is 0 Å². The summed E-state index contributed by atoms with van der Waals surface area (Å²) in [5, 5.41) is 4.96. The Morgan fingerprint density at radius 3 is 2.95 bits per heavy atom. The monoisotopic (exact) mass is 281 g/mol. The largest absolute Gasteiger partial charge is 0.314 e. The molecule has 2 atom stereocenters. The van der Waals surface area contributed by atoms with Gasteiger partial charge in [0.15, 0.2) is 0 Å². The summed E-state index contributed by atoms with van der Waals surface area (Å²) in [7, 11) is 0. The Morgan fingerprint density at radius 1 is 1.47 bits per heavy atom. The predicted molar refractivity (Wildman–Crippen MR) is 82.6 cm³/mol. The topological polar surface area (TPSA) is 28.2 Å². The molecule has 3 nitrogen and oxygen atoms in total. The first-order chi connectivity index (χ1) is 9.22. The Hall–Kier alpha value is -0.450. The van der Waals surface area contributed by atoms with E-state index in [1.807, 2.05) is 17.5 Å². The molecule has 0 aliphatic carbocycles. The molecule has 0 radical (unpaired) electrons. The van der Waals surface area contributed by atoms with Gasteiger partial charge >= 0.3 is 0 Å². The molecule has 0 saturated carbocycles. The minimum atomic E-state index is 0.707. The van der Waals surface area contributed by atoms with Crippen LogP contribution in [0.3, 0.4) is 0 Å². The molecule has 1 saturated heterocycles. The van der Waals surface area contributed by atoms with Crippen molar-refractivity contribution >= 4 is 11.3 Å². The minimum Gasteiger partial charge on any atom is -0.314 e. The van der Waals surface area contributed by atoms with Crippen LogP contribution < -0.4 is 5.32 Å². The van der Waals surface area contributed by atoms with Gasteiger partial charge in [-0.2, -0.15) is 0 Å². The van der Waals surface area contributed by atoms with Gasteiger partial charge in [0.05, 0.1) is 6.54 Å². The highest BCUT2D eigenvalue weighted by Crippen LogP contribution is 2.21. The number of nitrogens with zero attached hydrogens (tertiary/aromatic N) is 2. The summed E-state index contributed by atoms with van der Waals surface area (Å²) in [6.45, 7) is 11.4. The zero-order chi connectivity index (χ0) is 13.7. The minimum absolute atomic E-state index is 0.707. The highest BCUT2D eigenvalue weighted by atomic mass is 32.1. The zero-order valence-electron chi connectivity index (χ0n) is 12.5. The Morgan fingerprint density at radius 2 is 2.32 bits per heavy atom. The van der Waals surface area contributed by atoms with Crippen molar-refractivity contribution in [1.82, 2.24) is 15.2 Å². The number of aryl methyl sites for hydroxylation is 1. The molecule has 1 aliphatic rings. The average molecular weight is 281 g/mol. The van der Waals surface area contributed by atoms with Crippen LogP contribution in [0.4, 0.5) is 0 Å². The van der Waals surface area contributed by atoms with E-state index < -0.39 is 0 Å². The van der Waals surface area contributed by atoms with Crippen LogP contribution in [-0.2, 0) is 13.0 Å². The third-order valence-corrected chi connectivity index (χ3v) is 5.08. The molecule has 0 spiro atoms. The summed E-state index contributed by atoms with van der Waals surface area (Å²) in [4.78, 5) is 8.50. The number of piperidine rings is 1. The lowest BCUT2D eigenvalue weighted by atomic mass is 9.94. The molecule has 0 bridgehead atoms. The van der Waals surface area contributed by atoms with Crippen molar-refractivity contribution in [3.05, 3.63) is 16.1 Å². The number of hydrogen-bond acceptors (Lipinski definition) is 4. The van der Waals surface area contributed by atoms with Gasteiger partial charge in [-0.1, -0.05) is 20.8 Å². The Labute approximate surface area is 121 Å². The van der Waals surface area contributed by atoms with Gasteiger partial charge < -0.3 is 5.32 Å². The molecule has 2 unspecified atom stereocenters. The van der Waals surface area contributed by atoms with Gasteiger partial charge in [-0.25, -0.2) is 4.98 Å². The van der Waals surface area contributed by atoms with Gasteiger partial charge in [-0.05, 0) is 31.7 Å². The summed E-state index contributed by atoms with van der Waals surface area (Å²) < 4.78 is 0. The summed E-state index contributed by atoms with van der Waals surface area (Å²) in [5.41, 5.74) is 0. The van der Waals surface area contributed by atoms with E-state index >= 15 is 0 Å². The molecule has 1 fully saturated rings. The lowest BCUT2D eigenvalue weighted by Gasteiger charge is -2.37. The third kappa shape index (κ3) is 4.26. The number of rotatable bonds is 6. The second kappa shape index (κ2) is 7.36. The lowest BCUT2D eigenvalue weighted by molar-refractivity contribution is 0.141. The fourth-order valence-electron chi connectivity index (χ4n) is 2.78. The Bertz CT molecular complexity index is 377. The fourth-order valence-corrected chi connectivity index (χ4v) is 3.69. The van der Waals surface area contributed by atoms with Crippen molar-refractivity contribution in [2.75, 3.05) is 19.6 Å². The predicted octanol–water partition coefficient (Wildman–Crippen LogP) is 2.92. The number of likely N-dealkylation sites (tertiary alicyclic amines) is 1. The molecule has 2 rings (SSSR count). The van der Waals surface area contributed by atoms with E-state index in [4.69, 9.17) is 0 Å². The van der Waals surface area contributed by atoms with Crippen LogP contribution in [0.2, 0.25) is 0 Å². The van der Waals surface area contributed by atoms with Crippen LogP contribution in [0.15, 0.2) is 6.20 Å². The summed E-state index contributed by atoms with van der Waals surface area (Å²) >= 11 is 1.87. The number of aromatic nitrogens is 1. The van der Waals surface area contributed by atoms with Crippen molar-refractivity contribution in [2.24, 2.45) is 5.92 Å². The van der Waals surface area contributed by atoms with Crippen LogP contribution in [0.1, 0.15) is 43.5 Å². The van der Waals surface area contributed by atoms with E-state index in [1.165, 1.54) is 35.8 Å². The molecule has 0 amide bonds. The van der Waals surface area contributed by atoms with Crippen molar-refractivity contribution in [3.63, 3.8) is 0 Å². The highest BCUT2D eigenvalue weighted by Gasteiger charge is 2.25. The SMILES string of the molecule is CCCNC1CCN(Cc2ncc(CC)s2)CC1C. The van der Waals surface area contributed by atoms with E-state index in [0.29, 0.717) is 6.04 Å². The average Bonchev–Trinajstić information content (AvgIpc) is 2.85. The van der Waals surface area contributed by atoms with Crippen LogP contribution in [0, 0.1) is 5.92 Å². The second-order valence-corrected chi connectivity index (χ2v) is 6.84. The third-order valence-electron chi connectivity index (χ3n) is 3.95. The van der Waals surface area contributed by atoms with Crippen LogP contribution in [-0.4, -0.2) is 35.6 Å². The molecule has 1 aliphatic heterocycles. The summed E-state index contributed by atoms with van der Waals surface area (Å²) in [5.74, 6) is 0.742. The fraction of sp³-hybridized carbons (Fsp3) is 0.800. The Kier molecular flexibility index (Phi) is 5.79. The molecule has 1 aromatic heterocycles. The van der Waals surface area contributed by atoms with Crippen LogP contribution in [0.5, 0.6) is 0 Å². The lowest BCUT2D eigenvalue weighted by Crippen LogP contribution is -2.48. The molecule has 4 heteroatoms. The first-order valence-corrected chi connectivity index (χ1v) is 8.43. The Balaban J connectivity index is 1.81. The zero-order valence-corrected chi connectivity index (χ0v) is 13.3. The number of nitrogens with one attached hydrogen (secondary N) is 1. The van der Waals surface area contributed by atoms with Gasteiger partial charge in [0, 0.05) is 30.2 Å². The van der Waals surface area contributed by atoms with Gasteiger partial charge in [-0.15, -0.1) is 11.3 Å². The maximum Gasteiger partial charge on any atom is 0.107 e. The summed E-state index contributed by atoms with van der Waals surface area (Å²) in [6.07, 6.45) is 5.65. The molecular formula is C15H27N3S. The molecule has 0 aromatic carbocycles. The maximum atomic E-state index is 4.54. The second-order valence-electron chi connectivity index (χ2n) is 5.64.